The Morgan fingerprint density at radius 2 is 0.600 bits per heavy atom. The third-order valence-electron chi connectivity index (χ3n) is 21.8. The maximum atomic E-state index is 13.2. The number of aryl methyl sites for hydroxylation is 6. The van der Waals surface area contributed by atoms with E-state index in [4.69, 9.17) is 28.4 Å². The van der Waals surface area contributed by atoms with Gasteiger partial charge in [0.2, 0.25) is 20.4 Å². The number of nitrogens with zero attached hydrogens (tertiary/aromatic N) is 3. The Morgan fingerprint density at radius 3 is 0.857 bits per heavy atom. The second kappa shape index (κ2) is 30.5. The monoisotopic (exact) mass is 1410 g/mol. The van der Waals surface area contributed by atoms with Gasteiger partial charge in [-0.15, -0.1) is 0 Å². The maximum Gasteiger partial charge on any atom is 0.304 e. The summed E-state index contributed by atoms with van der Waals surface area (Å²) in [5, 5.41) is 29.1. The summed E-state index contributed by atoms with van der Waals surface area (Å²) in [6, 6.07) is 47.4. The van der Waals surface area contributed by atoms with Crippen LogP contribution in [-0.4, -0.2) is 106 Å². The molecule has 0 saturated carbocycles. The number of carbonyl (C=O) groups excluding carboxylic acids is 3. The Hall–Kier alpha value is -11.4. The maximum absolute atomic E-state index is 13.2. The number of aliphatic carboxylic acids is 3. The number of carboxylic acids is 3. The predicted octanol–water partition coefficient (Wildman–Crippen LogP) is 15.4. The number of carbonyl (C=O) groups is 6. The van der Waals surface area contributed by atoms with Crippen LogP contribution in [0, 0.1) is 62.3 Å². The number of hydrogen-bond donors (Lipinski definition) is 3. The van der Waals surface area contributed by atoms with E-state index in [2.05, 4.69) is 36.4 Å². The lowest BCUT2D eigenvalue weighted by molar-refractivity contribution is -0.138. The fraction of sp³-hybridized carbons (Fsp3) is 0.310. The van der Waals surface area contributed by atoms with Crippen molar-refractivity contribution in [3.05, 3.63) is 279 Å². The number of amides is 3. The highest BCUT2D eigenvalue weighted by Gasteiger charge is 2.33. The third-order valence-corrected chi connectivity index (χ3v) is 21.8. The average molecular weight is 1410 g/mol. The number of benzene rings is 9. The van der Waals surface area contributed by atoms with Gasteiger partial charge in [-0.1, -0.05) is 91.0 Å². The molecule has 18 nitrogen and oxygen atoms in total. The van der Waals surface area contributed by atoms with E-state index in [1.54, 1.807) is 0 Å². The Labute approximate surface area is 611 Å². The lowest BCUT2D eigenvalue weighted by Crippen LogP contribution is -2.36. The first-order chi connectivity index (χ1) is 50.4. The van der Waals surface area contributed by atoms with Crippen LogP contribution >= 0.6 is 0 Å². The largest absolute Gasteiger partial charge is 0.481 e. The smallest absolute Gasteiger partial charge is 0.304 e. The first kappa shape index (κ1) is 72.0. The highest BCUT2D eigenvalue weighted by atomic mass is 16.7. The highest BCUT2D eigenvalue weighted by Crippen LogP contribution is 2.46. The van der Waals surface area contributed by atoms with Crippen molar-refractivity contribution in [1.29, 1.82) is 0 Å². The second-order valence-corrected chi connectivity index (χ2v) is 28.4. The van der Waals surface area contributed by atoms with Crippen LogP contribution in [0.4, 0.5) is 0 Å². The molecule has 0 spiro atoms. The van der Waals surface area contributed by atoms with Gasteiger partial charge in [0.15, 0.2) is 34.5 Å². The molecule has 0 aromatic heterocycles. The van der Waals surface area contributed by atoms with E-state index >= 15 is 0 Å². The summed E-state index contributed by atoms with van der Waals surface area (Å²) in [7, 11) is 0. The normalized spacial score (nSPS) is 15.0. The topological polar surface area (TPSA) is 228 Å². The third kappa shape index (κ3) is 15.3. The quantitative estimate of drug-likeness (QED) is 0.0867. The summed E-state index contributed by atoms with van der Waals surface area (Å²) in [4.78, 5) is 80.8. The minimum atomic E-state index is -0.865. The van der Waals surface area contributed by atoms with Gasteiger partial charge in [-0.2, -0.15) is 0 Å². The van der Waals surface area contributed by atoms with Crippen LogP contribution in [0.15, 0.2) is 146 Å². The Kier molecular flexibility index (Phi) is 20.9. The number of ether oxygens (including phenoxy) is 6. The molecule has 0 saturated heterocycles. The van der Waals surface area contributed by atoms with E-state index in [9.17, 15) is 44.1 Å². The molecule has 0 bridgehead atoms. The molecule has 15 rings (SSSR count). The zero-order valence-corrected chi connectivity index (χ0v) is 60.8. The molecule has 0 fully saturated rings. The number of fused-ring (bicyclic) bond motifs is 6. The molecule has 3 N–H and O–H groups in total. The van der Waals surface area contributed by atoms with Crippen molar-refractivity contribution in [1.82, 2.24) is 14.7 Å². The molecule has 0 aliphatic carbocycles. The Bertz CT molecular complexity index is 4470. The molecule has 6 aliphatic rings. The zero-order chi connectivity index (χ0) is 74.1. The van der Waals surface area contributed by atoms with Crippen molar-refractivity contribution >= 4 is 35.6 Å². The summed E-state index contributed by atoms with van der Waals surface area (Å²) in [6.45, 7) is 22.0. The lowest BCUT2D eigenvalue weighted by Gasteiger charge is -2.30. The van der Waals surface area contributed by atoms with Gasteiger partial charge in [0.1, 0.15) is 0 Å². The fourth-order valence-electron chi connectivity index (χ4n) is 15.3. The average Bonchev–Trinajstić information content (AvgIpc) is 1.71. The molecular weight excluding hydrogens is 1330 g/mol. The molecule has 18 heteroatoms. The molecule has 105 heavy (non-hydrogen) atoms. The standard InChI is InChI=1S/3C29H29NO5/c3*1-17-4-5-22(12-18(17)2)29(33)30-11-10-20-6-7-21(13-23(20)15-30)25(14-27(31)32)24-8-9-26-28(19(24)3)35-16-34-26/h3*4-9,12-13,25H,10-11,14-16H2,1-3H3,(H,31,32)/t2*25-;/m10./s1. The number of carboxylic acid groups (broad SMARTS) is 3. The summed E-state index contributed by atoms with van der Waals surface area (Å²) in [6.07, 6.45) is 2.22. The predicted molar refractivity (Wildman–Crippen MR) is 397 cm³/mol. The molecule has 9 aromatic rings. The van der Waals surface area contributed by atoms with Crippen LogP contribution in [0.5, 0.6) is 34.5 Å². The van der Waals surface area contributed by atoms with E-state index in [1.807, 2.05) is 186 Å². The first-order valence-corrected chi connectivity index (χ1v) is 35.7. The number of hydrogen-bond acceptors (Lipinski definition) is 12. The molecule has 3 amide bonds. The number of rotatable bonds is 15. The van der Waals surface area contributed by atoms with Crippen LogP contribution in [0.1, 0.15) is 185 Å². The fourth-order valence-corrected chi connectivity index (χ4v) is 15.3. The summed E-state index contributed by atoms with van der Waals surface area (Å²) < 4.78 is 33.4. The van der Waals surface area contributed by atoms with E-state index in [0.717, 1.165) is 103 Å². The van der Waals surface area contributed by atoms with Crippen LogP contribution < -0.4 is 28.4 Å². The van der Waals surface area contributed by atoms with Gasteiger partial charge in [0, 0.05) is 73.7 Å². The van der Waals surface area contributed by atoms with Gasteiger partial charge in [-0.3, -0.25) is 28.8 Å². The molecule has 1 unspecified atom stereocenters. The Morgan fingerprint density at radius 1 is 0.324 bits per heavy atom. The molecule has 3 atom stereocenters. The van der Waals surface area contributed by atoms with Gasteiger partial charge in [0.25, 0.3) is 17.7 Å². The van der Waals surface area contributed by atoms with Gasteiger partial charge >= 0.3 is 17.9 Å². The molecule has 540 valence electrons. The van der Waals surface area contributed by atoms with Crippen molar-refractivity contribution in [2.45, 2.75) is 138 Å². The summed E-state index contributed by atoms with van der Waals surface area (Å²) in [5.74, 6) is 0.582. The molecular formula is C87H87N3O15. The molecule has 6 aliphatic heterocycles. The van der Waals surface area contributed by atoms with E-state index in [1.165, 1.54) is 33.4 Å². The van der Waals surface area contributed by atoms with Crippen molar-refractivity contribution in [3.63, 3.8) is 0 Å². The van der Waals surface area contributed by atoms with Crippen LogP contribution in [0.2, 0.25) is 0 Å². The minimum Gasteiger partial charge on any atom is -0.481 e. The lowest BCUT2D eigenvalue weighted by atomic mass is 9.83. The first-order valence-electron chi connectivity index (χ1n) is 35.7. The van der Waals surface area contributed by atoms with Gasteiger partial charge in [0.05, 0.1) is 19.3 Å². The van der Waals surface area contributed by atoms with Crippen molar-refractivity contribution in [2.24, 2.45) is 0 Å². The van der Waals surface area contributed by atoms with Gasteiger partial charge < -0.3 is 58.4 Å². The van der Waals surface area contributed by atoms with Gasteiger partial charge in [-0.05, 0) is 253 Å². The molecule has 0 radical (unpaired) electrons. The minimum absolute atomic E-state index is 0.0258. The van der Waals surface area contributed by atoms with Crippen molar-refractivity contribution < 1.29 is 72.5 Å². The second-order valence-electron chi connectivity index (χ2n) is 28.4. The zero-order valence-electron chi connectivity index (χ0n) is 60.8. The van der Waals surface area contributed by atoms with Gasteiger partial charge in [-0.25, -0.2) is 0 Å². The SMILES string of the molecule is Cc1ccc(C(=O)N2CCc3ccc(C(CC(=O)O)c4ccc5c(c4C)OCO5)cc3C2)cc1C.Cc1ccc(C(=O)N2CCc3ccc([C@@H](CC(=O)O)c4ccc5c(c4C)OCO5)cc3C2)cc1C.Cc1ccc(C(=O)N2CCc3ccc([C@H](CC(=O)O)c4ccc5c(c4C)OCO5)cc3C2)cc1C. The Balaban J connectivity index is 0.000000140. The summed E-state index contributed by atoms with van der Waals surface area (Å²) >= 11 is 0. The van der Waals surface area contributed by atoms with Crippen molar-refractivity contribution in [3.8, 4) is 34.5 Å². The highest BCUT2D eigenvalue weighted by molar-refractivity contribution is 5.96. The van der Waals surface area contributed by atoms with E-state index < -0.39 is 17.9 Å². The van der Waals surface area contributed by atoms with E-state index in [-0.39, 0.29) is 75.1 Å². The summed E-state index contributed by atoms with van der Waals surface area (Å²) in [5.41, 5.74) is 23.9. The van der Waals surface area contributed by atoms with Crippen LogP contribution in [0.3, 0.4) is 0 Å². The van der Waals surface area contributed by atoms with E-state index in [0.29, 0.717) is 90.5 Å². The van der Waals surface area contributed by atoms with Crippen LogP contribution in [-0.2, 0) is 53.3 Å². The van der Waals surface area contributed by atoms with Crippen LogP contribution in [0.25, 0.3) is 0 Å². The molecule has 6 heterocycles. The molecule has 9 aromatic carbocycles. The van der Waals surface area contributed by atoms with Crippen molar-refractivity contribution in [2.75, 3.05) is 40.0 Å².